The predicted molar refractivity (Wildman–Crippen MR) is 147 cm³/mol. The van der Waals surface area contributed by atoms with Crippen LogP contribution < -0.4 is 9.16 Å². The number of aliphatic hydroxyl groups is 1. The molecule has 2 atom stereocenters. The van der Waals surface area contributed by atoms with Crippen molar-refractivity contribution >= 4 is 8.32 Å². The molecular weight excluding hydrogens is 450 g/mol. The Morgan fingerprint density at radius 2 is 1.57 bits per heavy atom. The largest absolute Gasteiger partial charge is 0.543 e. The molecule has 2 heterocycles. The van der Waals surface area contributed by atoms with Gasteiger partial charge < -0.3 is 14.3 Å². The first-order chi connectivity index (χ1) is 16.7. The summed E-state index contributed by atoms with van der Waals surface area (Å²) in [6.07, 6.45) is 2.97. The van der Waals surface area contributed by atoms with Crippen molar-refractivity contribution in [1.82, 2.24) is 4.90 Å². The molecule has 35 heavy (non-hydrogen) atoms. The van der Waals surface area contributed by atoms with E-state index in [2.05, 4.69) is 82.8 Å². The standard InChI is InChI=1S/C30H45NO3Si/c1-21(2)35(22(3)4,23(5)6)34-26-12-13-27-29(19-26)33-20-28(30(27)32)31-16-14-25(15-17-31)18-24-10-8-7-9-11-24/h7-13,19,21-23,25,28,30,32H,14-18,20H2,1-6H3. The summed E-state index contributed by atoms with van der Waals surface area (Å²) in [7, 11) is -2.03. The van der Waals surface area contributed by atoms with Crippen LogP contribution in [-0.4, -0.2) is 44.1 Å². The smallest absolute Gasteiger partial charge is 0.258 e. The number of piperidine rings is 1. The van der Waals surface area contributed by atoms with Crippen LogP contribution in [0.15, 0.2) is 48.5 Å². The zero-order chi connectivity index (χ0) is 25.2. The van der Waals surface area contributed by atoms with Gasteiger partial charge in [0.2, 0.25) is 0 Å². The normalized spacial score (nSPS) is 21.9. The van der Waals surface area contributed by atoms with Gasteiger partial charge >= 0.3 is 0 Å². The van der Waals surface area contributed by atoms with Crippen molar-refractivity contribution < 1.29 is 14.3 Å². The zero-order valence-corrected chi connectivity index (χ0v) is 23.5. The summed E-state index contributed by atoms with van der Waals surface area (Å²) in [5.74, 6) is 2.39. The Hall–Kier alpha value is -1.82. The van der Waals surface area contributed by atoms with E-state index in [4.69, 9.17) is 9.16 Å². The fourth-order valence-electron chi connectivity index (χ4n) is 6.72. The molecule has 0 bridgehead atoms. The van der Waals surface area contributed by atoms with Crippen LogP contribution in [0.5, 0.6) is 11.5 Å². The van der Waals surface area contributed by atoms with Gasteiger partial charge in [0.1, 0.15) is 24.2 Å². The lowest BCUT2D eigenvalue weighted by Crippen LogP contribution is -2.51. The number of aliphatic hydroxyl groups excluding tert-OH is 1. The van der Waals surface area contributed by atoms with E-state index >= 15 is 0 Å². The van der Waals surface area contributed by atoms with Crippen LogP contribution in [0.4, 0.5) is 0 Å². The Morgan fingerprint density at radius 1 is 0.943 bits per heavy atom. The van der Waals surface area contributed by atoms with Crippen molar-refractivity contribution in [1.29, 1.82) is 0 Å². The van der Waals surface area contributed by atoms with E-state index in [-0.39, 0.29) is 6.04 Å². The number of fused-ring (bicyclic) bond motifs is 1. The highest BCUT2D eigenvalue weighted by molar-refractivity contribution is 6.78. The molecule has 0 aliphatic carbocycles. The Kier molecular flexibility index (Phi) is 8.29. The van der Waals surface area contributed by atoms with Crippen molar-refractivity contribution in [3.63, 3.8) is 0 Å². The molecule has 0 amide bonds. The van der Waals surface area contributed by atoms with Gasteiger partial charge in [-0.1, -0.05) is 71.9 Å². The lowest BCUT2D eigenvalue weighted by atomic mass is 9.88. The summed E-state index contributed by atoms with van der Waals surface area (Å²) in [4.78, 5) is 2.44. The Labute approximate surface area is 213 Å². The van der Waals surface area contributed by atoms with Crippen LogP contribution in [0.1, 0.15) is 71.6 Å². The van der Waals surface area contributed by atoms with Gasteiger partial charge in [0.15, 0.2) is 0 Å². The first kappa shape index (κ1) is 26.2. The maximum absolute atomic E-state index is 11.3. The second-order valence-electron chi connectivity index (χ2n) is 11.6. The molecular formula is C30H45NO3Si. The molecule has 2 aliphatic rings. The summed E-state index contributed by atoms with van der Waals surface area (Å²) >= 11 is 0. The van der Waals surface area contributed by atoms with Crippen molar-refractivity contribution in [2.75, 3.05) is 19.7 Å². The number of nitrogens with zero attached hydrogens (tertiary/aromatic N) is 1. The number of hydrogen-bond acceptors (Lipinski definition) is 4. The zero-order valence-electron chi connectivity index (χ0n) is 22.5. The first-order valence-electron chi connectivity index (χ1n) is 13.6. The van der Waals surface area contributed by atoms with Gasteiger partial charge in [-0.15, -0.1) is 0 Å². The minimum absolute atomic E-state index is 0.0161. The van der Waals surface area contributed by atoms with Gasteiger partial charge in [-0.05, 0) is 72.6 Å². The molecule has 1 fully saturated rings. The van der Waals surface area contributed by atoms with Crippen LogP contribution in [-0.2, 0) is 6.42 Å². The Morgan fingerprint density at radius 3 is 2.17 bits per heavy atom. The van der Waals surface area contributed by atoms with E-state index in [1.165, 1.54) is 18.4 Å². The highest BCUT2D eigenvalue weighted by Crippen LogP contribution is 2.44. The lowest BCUT2D eigenvalue weighted by Gasteiger charge is -2.43. The molecule has 2 unspecified atom stereocenters. The fraction of sp³-hybridized carbons (Fsp3) is 0.600. The molecule has 192 valence electrons. The Bertz CT molecular complexity index is 932. The number of hydrogen-bond donors (Lipinski definition) is 1. The van der Waals surface area contributed by atoms with Crippen LogP contribution in [0, 0.1) is 5.92 Å². The Balaban J connectivity index is 1.41. The number of likely N-dealkylation sites (tertiary alicyclic amines) is 1. The third-order valence-corrected chi connectivity index (χ3v) is 14.6. The van der Waals surface area contributed by atoms with Gasteiger partial charge in [-0.25, -0.2) is 0 Å². The molecule has 0 radical (unpaired) electrons. The summed E-state index contributed by atoms with van der Waals surface area (Å²) in [6.45, 7) is 16.4. The van der Waals surface area contributed by atoms with Crippen molar-refractivity contribution in [3.05, 3.63) is 59.7 Å². The molecule has 0 spiro atoms. The molecule has 2 aromatic carbocycles. The van der Waals surface area contributed by atoms with E-state index < -0.39 is 14.4 Å². The van der Waals surface area contributed by atoms with E-state index in [0.717, 1.165) is 42.5 Å². The van der Waals surface area contributed by atoms with Crippen molar-refractivity contribution in [2.24, 2.45) is 5.92 Å². The van der Waals surface area contributed by atoms with E-state index in [1.807, 2.05) is 12.1 Å². The summed E-state index contributed by atoms with van der Waals surface area (Å²) in [5.41, 5.74) is 3.86. The molecule has 0 aromatic heterocycles. The van der Waals surface area contributed by atoms with Crippen molar-refractivity contribution in [2.45, 2.75) is 89.6 Å². The highest BCUT2D eigenvalue weighted by Gasteiger charge is 2.47. The van der Waals surface area contributed by atoms with Crippen LogP contribution >= 0.6 is 0 Å². The predicted octanol–water partition coefficient (Wildman–Crippen LogP) is 6.99. The second-order valence-corrected chi connectivity index (χ2v) is 17.0. The van der Waals surface area contributed by atoms with Crippen LogP contribution in [0.3, 0.4) is 0 Å². The molecule has 0 saturated carbocycles. The monoisotopic (exact) mass is 495 g/mol. The van der Waals surface area contributed by atoms with Gasteiger partial charge in [-0.2, -0.15) is 0 Å². The molecule has 4 rings (SSSR count). The number of ether oxygens (including phenoxy) is 1. The third-order valence-electron chi connectivity index (χ3n) is 8.56. The summed E-state index contributed by atoms with van der Waals surface area (Å²) < 4.78 is 13.1. The van der Waals surface area contributed by atoms with Crippen molar-refractivity contribution in [3.8, 4) is 11.5 Å². The molecule has 4 nitrogen and oxygen atoms in total. The lowest BCUT2D eigenvalue weighted by molar-refractivity contribution is -0.0108. The van der Waals surface area contributed by atoms with Crippen LogP contribution in [0.25, 0.3) is 0 Å². The van der Waals surface area contributed by atoms with Gasteiger partial charge in [0, 0.05) is 11.6 Å². The molecule has 2 aromatic rings. The first-order valence-corrected chi connectivity index (χ1v) is 15.8. The maximum Gasteiger partial charge on any atom is 0.258 e. The average molecular weight is 496 g/mol. The van der Waals surface area contributed by atoms with E-state index in [1.54, 1.807) is 0 Å². The quantitative estimate of drug-likeness (QED) is 0.401. The molecule has 5 heteroatoms. The molecule has 1 N–H and O–H groups in total. The van der Waals surface area contributed by atoms with Gasteiger partial charge in [-0.3, -0.25) is 4.90 Å². The highest BCUT2D eigenvalue weighted by atomic mass is 28.4. The maximum atomic E-state index is 11.3. The fourth-order valence-corrected chi connectivity index (χ4v) is 12.0. The number of benzene rings is 2. The minimum Gasteiger partial charge on any atom is -0.543 e. The summed E-state index contributed by atoms with van der Waals surface area (Å²) in [5, 5.41) is 11.3. The van der Waals surface area contributed by atoms with Crippen LogP contribution in [0.2, 0.25) is 16.6 Å². The SMILES string of the molecule is CC(C)[Si](Oc1ccc2c(c1)OCC(N1CCC(Cc3ccccc3)CC1)C2O)(C(C)C)C(C)C. The number of rotatable bonds is 8. The van der Waals surface area contributed by atoms with E-state index in [9.17, 15) is 5.11 Å². The summed E-state index contributed by atoms with van der Waals surface area (Å²) in [6, 6.07) is 16.9. The minimum atomic E-state index is -2.03. The van der Waals surface area contributed by atoms with Gasteiger partial charge in [0.05, 0.1) is 6.04 Å². The topological polar surface area (TPSA) is 41.9 Å². The average Bonchev–Trinajstić information content (AvgIpc) is 2.83. The second kappa shape index (κ2) is 11.1. The van der Waals surface area contributed by atoms with E-state index in [0.29, 0.717) is 23.2 Å². The van der Waals surface area contributed by atoms with Gasteiger partial charge in [0.25, 0.3) is 8.32 Å². The third kappa shape index (κ3) is 5.47. The molecule has 1 saturated heterocycles. The molecule has 2 aliphatic heterocycles.